The van der Waals surface area contributed by atoms with Gasteiger partial charge in [0.25, 0.3) is 0 Å². The van der Waals surface area contributed by atoms with E-state index in [2.05, 4.69) is 36.6 Å². The molecule has 0 saturated carbocycles. The minimum Gasteiger partial charge on any atom is -0.494 e. The molecule has 0 bridgehead atoms. The molecule has 3 aromatic rings. The summed E-state index contributed by atoms with van der Waals surface area (Å²) in [5.74, 6) is 0.905. The Morgan fingerprint density at radius 3 is 2.73 bits per heavy atom. The Kier molecular flexibility index (Phi) is 4.45. The normalized spacial score (nSPS) is 11.2. The highest BCUT2D eigenvalue weighted by Gasteiger charge is 2.15. The lowest BCUT2D eigenvalue weighted by Gasteiger charge is -2.06. The number of thiazole rings is 1. The number of rotatable bonds is 6. The Balaban J connectivity index is 1.97. The van der Waals surface area contributed by atoms with Crippen molar-refractivity contribution in [3.05, 3.63) is 41.0 Å². The molecule has 3 rings (SSSR count). The Bertz CT molecular complexity index is 758. The van der Waals surface area contributed by atoms with Crippen LogP contribution in [0.1, 0.15) is 23.9 Å². The largest absolute Gasteiger partial charge is 0.494 e. The Morgan fingerprint density at radius 2 is 2.05 bits per heavy atom. The molecule has 0 saturated heterocycles. The molecule has 1 aromatic carbocycles. The van der Waals surface area contributed by atoms with Crippen LogP contribution < -0.4 is 10.5 Å². The predicted molar refractivity (Wildman–Crippen MR) is 91.8 cm³/mol. The van der Waals surface area contributed by atoms with E-state index in [1.54, 1.807) is 11.3 Å². The average Bonchev–Trinajstić information content (AvgIpc) is 3.03. The summed E-state index contributed by atoms with van der Waals surface area (Å²) in [6.07, 6.45) is 3.97. The third kappa shape index (κ3) is 2.87. The summed E-state index contributed by atoms with van der Waals surface area (Å²) in [5.41, 5.74) is 9.11. The second-order valence-corrected chi connectivity index (χ2v) is 6.53. The fourth-order valence-corrected chi connectivity index (χ4v) is 3.38. The smallest absolute Gasteiger partial charge is 0.194 e. The molecule has 2 heterocycles. The topological polar surface area (TPSA) is 52.5 Å². The minimum absolute atomic E-state index is 0.618. The number of hydrogen-bond donors (Lipinski definition) is 1. The third-order valence-corrected chi connectivity index (χ3v) is 4.42. The standard InChI is InChI=1S/C17H21N3OS/c1-3-10-21-14-6-4-13(5-7-14)16-15(8-9-18)20-11-12(2)22-17(20)19-16/h4-7,11H,3,8-10,18H2,1-2H3. The molecule has 4 nitrogen and oxygen atoms in total. The van der Waals surface area contributed by atoms with Gasteiger partial charge in [0.15, 0.2) is 4.96 Å². The molecule has 0 amide bonds. The zero-order chi connectivity index (χ0) is 15.5. The Morgan fingerprint density at radius 1 is 1.27 bits per heavy atom. The van der Waals surface area contributed by atoms with Crippen LogP contribution in [0.3, 0.4) is 0 Å². The Hall–Kier alpha value is -1.85. The number of ether oxygens (including phenoxy) is 1. The van der Waals surface area contributed by atoms with Gasteiger partial charge in [0.05, 0.1) is 18.0 Å². The second-order valence-electron chi connectivity index (χ2n) is 5.31. The first-order valence-corrected chi connectivity index (χ1v) is 8.45. The van der Waals surface area contributed by atoms with Gasteiger partial charge in [0.2, 0.25) is 0 Å². The summed E-state index contributed by atoms with van der Waals surface area (Å²) in [6, 6.07) is 8.17. The first kappa shape index (κ1) is 15.1. The molecule has 0 radical (unpaired) electrons. The van der Waals surface area contributed by atoms with Crippen molar-refractivity contribution in [3.8, 4) is 17.0 Å². The van der Waals surface area contributed by atoms with Gasteiger partial charge in [-0.3, -0.25) is 4.40 Å². The molecular weight excluding hydrogens is 294 g/mol. The molecule has 2 N–H and O–H groups in total. The molecule has 0 aliphatic heterocycles. The first-order chi connectivity index (χ1) is 10.7. The van der Waals surface area contributed by atoms with Crippen molar-refractivity contribution in [1.29, 1.82) is 0 Å². The van der Waals surface area contributed by atoms with Crippen molar-refractivity contribution in [3.63, 3.8) is 0 Å². The molecule has 0 aliphatic rings. The minimum atomic E-state index is 0.618. The predicted octanol–water partition coefficient (Wildman–Crippen LogP) is 3.66. The molecule has 116 valence electrons. The quantitative estimate of drug-likeness (QED) is 0.755. The summed E-state index contributed by atoms with van der Waals surface area (Å²) < 4.78 is 7.81. The van der Waals surface area contributed by atoms with Gasteiger partial charge in [-0.1, -0.05) is 6.92 Å². The van der Waals surface area contributed by atoms with Crippen LogP contribution in [0.25, 0.3) is 16.2 Å². The second kappa shape index (κ2) is 6.50. The SMILES string of the molecule is CCCOc1ccc(-c2nc3sc(C)cn3c2CCN)cc1. The molecule has 0 aliphatic carbocycles. The van der Waals surface area contributed by atoms with Crippen LogP contribution in [-0.2, 0) is 6.42 Å². The Labute approximate surface area is 134 Å². The fourth-order valence-electron chi connectivity index (χ4n) is 2.54. The molecule has 22 heavy (non-hydrogen) atoms. The van der Waals surface area contributed by atoms with Gasteiger partial charge < -0.3 is 10.5 Å². The van der Waals surface area contributed by atoms with Crippen molar-refractivity contribution in [1.82, 2.24) is 9.38 Å². The maximum absolute atomic E-state index is 5.79. The van der Waals surface area contributed by atoms with Crippen LogP contribution in [0, 0.1) is 6.92 Å². The molecule has 5 heteroatoms. The van der Waals surface area contributed by atoms with Gasteiger partial charge in [-0.15, -0.1) is 11.3 Å². The van der Waals surface area contributed by atoms with Gasteiger partial charge in [-0.2, -0.15) is 0 Å². The lowest BCUT2D eigenvalue weighted by molar-refractivity contribution is 0.317. The maximum Gasteiger partial charge on any atom is 0.194 e. The van der Waals surface area contributed by atoms with Crippen LogP contribution >= 0.6 is 11.3 Å². The number of nitrogens with two attached hydrogens (primary N) is 1. The van der Waals surface area contributed by atoms with Crippen LogP contribution in [0.5, 0.6) is 5.75 Å². The summed E-state index contributed by atoms with van der Waals surface area (Å²) in [6.45, 7) is 5.57. The fraction of sp³-hybridized carbons (Fsp3) is 0.353. The van der Waals surface area contributed by atoms with E-state index in [-0.39, 0.29) is 0 Å². The third-order valence-electron chi connectivity index (χ3n) is 3.52. The van der Waals surface area contributed by atoms with Crippen molar-refractivity contribution in [2.45, 2.75) is 26.7 Å². The highest BCUT2D eigenvalue weighted by molar-refractivity contribution is 7.17. The molecular formula is C17H21N3OS. The van der Waals surface area contributed by atoms with Crippen LogP contribution in [0.4, 0.5) is 0 Å². The van der Waals surface area contributed by atoms with E-state index in [9.17, 15) is 0 Å². The van der Waals surface area contributed by atoms with Gasteiger partial charge in [0.1, 0.15) is 5.75 Å². The van der Waals surface area contributed by atoms with Gasteiger partial charge in [-0.05, 0) is 44.2 Å². The van der Waals surface area contributed by atoms with Gasteiger partial charge >= 0.3 is 0 Å². The molecule has 0 atom stereocenters. The number of benzene rings is 1. The highest BCUT2D eigenvalue weighted by Crippen LogP contribution is 2.29. The molecule has 2 aromatic heterocycles. The van der Waals surface area contributed by atoms with E-state index in [0.717, 1.165) is 41.4 Å². The molecule has 0 unspecified atom stereocenters. The van der Waals surface area contributed by atoms with E-state index in [0.29, 0.717) is 6.54 Å². The monoisotopic (exact) mass is 315 g/mol. The zero-order valence-corrected chi connectivity index (χ0v) is 13.8. The first-order valence-electron chi connectivity index (χ1n) is 7.63. The van der Waals surface area contributed by atoms with Crippen molar-refractivity contribution in [2.75, 3.05) is 13.2 Å². The van der Waals surface area contributed by atoms with Crippen LogP contribution in [0.2, 0.25) is 0 Å². The number of aromatic nitrogens is 2. The van der Waals surface area contributed by atoms with Gasteiger partial charge in [0, 0.05) is 23.1 Å². The van der Waals surface area contributed by atoms with E-state index < -0.39 is 0 Å². The summed E-state index contributed by atoms with van der Waals surface area (Å²) in [5, 5.41) is 0. The lowest BCUT2D eigenvalue weighted by atomic mass is 10.1. The summed E-state index contributed by atoms with van der Waals surface area (Å²) in [4.78, 5) is 7.09. The highest BCUT2D eigenvalue weighted by atomic mass is 32.1. The molecule has 0 fully saturated rings. The van der Waals surface area contributed by atoms with Crippen molar-refractivity contribution < 1.29 is 4.74 Å². The van der Waals surface area contributed by atoms with E-state index in [1.807, 2.05) is 12.1 Å². The van der Waals surface area contributed by atoms with Crippen LogP contribution in [-0.4, -0.2) is 22.5 Å². The van der Waals surface area contributed by atoms with Crippen molar-refractivity contribution >= 4 is 16.3 Å². The number of hydrogen-bond acceptors (Lipinski definition) is 4. The van der Waals surface area contributed by atoms with Gasteiger partial charge in [-0.25, -0.2) is 4.98 Å². The number of aryl methyl sites for hydroxylation is 1. The number of fused-ring (bicyclic) bond motifs is 1. The van der Waals surface area contributed by atoms with E-state index in [1.165, 1.54) is 10.6 Å². The summed E-state index contributed by atoms with van der Waals surface area (Å²) >= 11 is 1.71. The number of nitrogens with zero attached hydrogens (tertiary/aromatic N) is 2. The lowest BCUT2D eigenvalue weighted by Crippen LogP contribution is -2.05. The number of imidazole rings is 1. The molecule has 0 spiro atoms. The van der Waals surface area contributed by atoms with Crippen LogP contribution in [0.15, 0.2) is 30.5 Å². The average molecular weight is 315 g/mol. The maximum atomic E-state index is 5.79. The van der Waals surface area contributed by atoms with E-state index in [4.69, 9.17) is 15.5 Å². The summed E-state index contributed by atoms with van der Waals surface area (Å²) in [7, 11) is 0. The van der Waals surface area contributed by atoms with Crippen molar-refractivity contribution in [2.24, 2.45) is 5.73 Å². The zero-order valence-electron chi connectivity index (χ0n) is 13.0. The van der Waals surface area contributed by atoms with E-state index >= 15 is 0 Å².